The first kappa shape index (κ1) is 127. The van der Waals surface area contributed by atoms with Gasteiger partial charge in [-0.1, -0.05) is 26.7 Å². The van der Waals surface area contributed by atoms with E-state index < -0.39 is 359 Å². The van der Waals surface area contributed by atoms with Crippen LogP contribution < -0.4 is 106 Å². The minimum atomic E-state index is -5.68. The molecule has 824 valence electrons. The van der Waals surface area contributed by atoms with Crippen molar-refractivity contribution in [2.24, 2.45) is 0 Å². The highest BCUT2D eigenvalue weighted by molar-refractivity contribution is 7.21. The second-order valence-corrected chi connectivity index (χ2v) is 34.3. The first-order chi connectivity index (χ1) is 67.6. The molecule has 0 spiro atoms. The van der Waals surface area contributed by atoms with Gasteiger partial charge in [0.15, 0.2) is 0 Å². The number of halogens is 24. The van der Waals surface area contributed by atoms with Gasteiger partial charge in [0.25, 0.3) is 0 Å². The Kier molecular flexibility index (Phi) is 51.5. The maximum atomic E-state index is 15.0. The molecule has 8 atom stereocenters. The summed E-state index contributed by atoms with van der Waals surface area (Å²) in [4.78, 5) is 231. The Balaban J connectivity index is 2.33. The number of hydrogen-bond donors (Lipinski definition) is 18. The van der Waals surface area contributed by atoms with Crippen LogP contribution >= 0.6 is 11.3 Å². The lowest BCUT2D eigenvalue weighted by Gasteiger charge is -2.29. The van der Waals surface area contributed by atoms with Gasteiger partial charge in [-0.2, -0.15) is 105 Å². The summed E-state index contributed by atoms with van der Waals surface area (Å²) in [7, 11) is 0. The SMILES string of the molecule is CCCC[N+](CCCC)=c1ccc2nc3ccc(NCCNC(=O)[C@H](CCCNC(=O)C(F)(F)F)NC(=O)[C@H](CCCNC(=O)C(F)(F)F)NC(=O)[C@H](CCCNC(=O)C(F)(F)F)NC(=O)[C@H](CCCNC(=O)C(F)(F)F)NC(=O)[C@H](CCCNC(=O)C(F)(F)F)NC(=O)[C@H](CCCNC(=O)C(F)(F)F)NC(=O)[C@H](CCCNC(=O)C(F)(F)F)NC(=O)[C@H](CCCNC(=O)C(F)(F)F)NC(=O)OC(C)(C)C)cc3sc-2c1. The summed E-state index contributed by atoms with van der Waals surface area (Å²) >= 11 is 1.40. The van der Waals surface area contributed by atoms with Crippen molar-refractivity contribution in [2.45, 2.75) is 266 Å². The number of amides is 17. The standard InChI is InChI=1S/C83H110F24N20O18S/c1-6-8-40-127(41-9-7-2)45-27-29-47-57(43-45)146-56-42-44(26-28-46(56)118-47)108-38-39-109-58(128)48(18-10-30-110-66(136)76(84,85)86)119-59(129)49(19-11-31-111-67(137)77(87,88)89)120-60(130)50(20-12-32-112-68(138)78(90,91)92)121-61(131)51(21-13-33-113-69(139)79(93,94)95)122-62(132)52(22-14-34-114-70(140)80(96,97)98)123-63(133)53(23-15-35-115-71(141)81(99,100)101)124-64(134)54(24-16-36-116-72(142)82(102,103)104)125-65(135)55(126-74(144)145-75(3,4)5)25-17-37-117-73(143)83(105,106)107/h26-29,42-43,48-55H,6-25,30-41H2,1-5H3,(H17,109,110,111,112,113,114,115,116,117,119,120,121,122,123,124,125,126,128,129,130,131,132,133,134,135,136,137,138,139,140,141,142,143,144)/p+1/t48-,49-,50-,51-,52-,53-,54-,55-/m0/s1. The van der Waals surface area contributed by atoms with Crippen molar-refractivity contribution >= 4 is 128 Å². The molecule has 1 aromatic carbocycles. The molecule has 63 heteroatoms. The van der Waals surface area contributed by atoms with Gasteiger partial charge in [-0.3, -0.25) is 76.7 Å². The van der Waals surface area contributed by atoms with Crippen LogP contribution in [0.15, 0.2) is 36.4 Å². The van der Waals surface area contributed by atoms with Gasteiger partial charge in [-0.25, -0.2) is 14.4 Å². The molecule has 0 radical (unpaired) electrons. The fraction of sp³-hybridized carbons (Fsp3) is 0.651. The Morgan fingerprint density at radius 1 is 0.301 bits per heavy atom. The largest absolute Gasteiger partial charge is 0.471 e. The zero-order valence-corrected chi connectivity index (χ0v) is 79.2. The third-order valence-electron chi connectivity index (χ3n) is 20.2. The van der Waals surface area contributed by atoms with Crippen molar-refractivity contribution in [3.05, 3.63) is 41.8 Å². The van der Waals surface area contributed by atoms with E-state index in [1.807, 2.05) is 55.4 Å². The van der Waals surface area contributed by atoms with Crippen molar-refractivity contribution in [1.82, 2.24) is 99.9 Å². The van der Waals surface area contributed by atoms with Crippen LogP contribution in [0.1, 0.15) is 163 Å². The topological polar surface area (TPSA) is 532 Å². The minimum Gasteiger partial charge on any atom is -0.444 e. The number of ether oxygens (including phenoxy) is 1. The molecule has 0 fully saturated rings. The molecule has 18 N–H and O–H groups in total. The van der Waals surface area contributed by atoms with Crippen LogP contribution in [0.3, 0.4) is 0 Å². The van der Waals surface area contributed by atoms with Crippen LogP contribution in [-0.2, 0) is 81.4 Å². The number of nitrogens with zero attached hydrogens (tertiary/aromatic N) is 2. The van der Waals surface area contributed by atoms with Gasteiger partial charge >= 0.3 is 103 Å². The number of aromatic nitrogens is 1. The average molecular weight is 2160 g/mol. The third kappa shape index (κ3) is 48.9. The first-order valence-electron chi connectivity index (χ1n) is 44.9. The first-order valence-corrected chi connectivity index (χ1v) is 45.8. The molecule has 0 aromatic heterocycles. The molecule has 2 aliphatic rings. The van der Waals surface area contributed by atoms with Gasteiger partial charge in [-0.05, 0) is 148 Å². The van der Waals surface area contributed by atoms with Gasteiger partial charge in [0.05, 0.1) is 20.8 Å². The van der Waals surface area contributed by atoms with E-state index in [9.17, 15) is 187 Å². The molecular formula is C83H111F24N20O18S+. The van der Waals surface area contributed by atoms with Crippen LogP contribution in [0.4, 0.5) is 116 Å². The molecule has 38 nitrogen and oxygen atoms in total. The number of alkyl carbamates (subject to hydrolysis) is 1. The molecule has 3 rings (SSSR count). The lowest BCUT2D eigenvalue weighted by atomic mass is 10.0. The van der Waals surface area contributed by atoms with E-state index in [4.69, 9.17) is 9.72 Å². The van der Waals surface area contributed by atoms with Crippen molar-refractivity contribution in [2.75, 3.05) is 83.9 Å². The van der Waals surface area contributed by atoms with E-state index in [0.29, 0.717) is 21.6 Å². The Bertz CT molecular complexity index is 4930. The molecule has 1 heterocycles. The summed E-state index contributed by atoms with van der Waals surface area (Å²) in [5.41, 5.74) is 0.309. The average Bonchev–Trinajstić information content (AvgIpc) is 0.784. The fourth-order valence-corrected chi connectivity index (χ4v) is 13.9. The Labute approximate surface area is 819 Å². The molecular weight excluding hydrogens is 2050 g/mol. The monoisotopic (exact) mass is 2160 g/mol. The van der Waals surface area contributed by atoms with Gasteiger partial charge in [0.2, 0.25) is 52.6 Å². The van der Waals surface area contributed by atoms with E-state index in [-0.39, 0.29) is 13.1 Å². The van der Waals surface area contributed by atoms with E-state index >= 15 is 0 Å². The molecule has 0 saturated carbocycles. The molecule has 0 saturated heterocycles. The summed E-state index contributed by atoms with van der Waals surface area (Å²) in [5.74, 6) is -34.4. The normalized spacial score (nSPS) is 13.8. The summed E-state index contributed by atoms with van der Waals surface area (Å²) < 4.78 is 330. The van der Waals surface area contributed by atoms with E-state index in [1.165, 1.54) is 74.6 Å². The molecule has 1 aromatic rings. The highest BCUT2D eigenvalue weighted by Crippen LogP contribution is 2.32. The third-order valence-corrected chi connectivity index (χ3v) is 21.3. The number of carbonyl (C=O) groups is 17. The van der Waals surface area contributed by atoms with Crippen LogP contribution in [-0.4, -0.2) is 287 Å². The van der Waals surface area contributed by atoms with E-state index in [1.54, 1.807) is 18.2 Å². The molecule has 146 heavy (non-hydrogen) atoms. The molecule has 1 aliphatic carbocycles. The van der Waals surface area contributed by atoms with Crippen molar-refractivity contribution in [3.8, 4) is 10.6 Å². The summed E-state index contributed by atoms with van der Waals surface area (Å²) in [5, 5.41) is 33.6. The fourth-order valence-electron chi connectivity index (χ4n) is 12.9. The quantitative estimate of drug-likeness (QED) is 0.0148. The van der Waals surface area contributed by atoms with Crippen LogP contribution in [0.25, 0.3) is 20.8 Å². The van der Waals surface area contributed by atoms with Gasteiger partial charge in [0.1, 0.15) is 67.0 Å². The number of hydrogen-bond acceptors (Lipinski definition) is 21. The highest BCUT2D eigenvalue weighted by atomic mass is 32.1. The number of benzene rings is 2. The second-order valence-electron chi connectivity index (χ2n) is 33.3. The minimum absolute atomic E-state index is 0.152. The number of rotatable bonds is 58. The molecule has 0 unspecified atom stereocenters. The van der Waals surface area contributed by atoms with Gasteiger partial charge in [0, 0.05) is 96.1 Å². The number of anilines is 1. The molecule has 0 bridgehead atoms. The Morgan fingerprint density at radius 2 is 0.548 bits per heavy atom. The number of fused-ring (bicyclic) bond motifs is 2. The van der Waals surface area contributed by atoms with E-state index in [0.717, 1.165) is 49.0 Å². The number of alkyl halides is 24. The van der Waals surface area contributed by atoms with Crippen molar-refractivity contribution in [1.29, 1.82) is 0 Å². The van der Waals surface area contributed by atoms with Crippen molar-refractivity contribution < 1.29 is 192 Å². The highest BCUT2D eigenvalue weighted by Gasteiger charge is 2.46. The lowest BCUT2D eigenvalue weighted by Crippen LogP contribution is -2.60. The molecule has 1 aliphatic heterocycles. The predicted octanol–water partition coefficient (Wildman–Crippen LogP) is 5.26. The molecule has 17 amide bonds. The number of nitrogens with one attached hydrogen (secondary N) is 18. The smallest absolute Gasteiger partial charge is 0.444 e. The zero-order chi connectivity index (χ0) is 111. The number of unbranched alkanes of at least 4 members (excludes halogenated alkanes) is 2. The van der Waals surface area contributed by atoms with E-state index in [2.05, 4.69) is 34.4 Å². The summed E-state index contributed by atoms with van der Waals surface area (Å²) in [6, 6.07) is -7.98. The van der Waals surface area contributed by atoms with Gasteiger partial charge < -0.3 is 100 Å². The summed E-state index contributed by atoms with van der Waals surface area (Å²) in [6.07, 6.45) is -57.7. The zero-order valence-electron chi connectivity index (χ0n) is 78.4. The van der Waals surface area contributed by atoms with Crippen LogP contribution in [0.5, 0.6) is 0 Å². The Morgan fingerprint density at radius 3 is 0.788 bits per heavy atom. The maximum Gasteiger partial charge on any atom is 0.471 e. The van der Waals surface area contributed by atoms with Crippen molar-refractivity contribution in [3.63, 3.8) is 0 Å². The number of carbonyl (C=O) groups excluding carboxylic acids is 17. The van der Waals surface area contributed by atoms with Crippen LogP contribution in [0.2, 0.25) is 0 Å². The lowest BCUT2D eigenvalue weighted by molar-refractivity contribution is -0.173. The Hall–Kier alpha value is -12.8. The predicted molar refractivity (Wildman–Crippen MR) is 466 cm³/mol. The van der Waals surface area contributed by atoms with Crippen LogP contribution in [0, 0.1) is 0 Å². The summed E-state index contributed by atoms with van der Waals surface area (Å²) in [6.45, 7) is 0.326. The second kappa shape index (κ2) is 59.1. The van der Waals surface area contributed by atoms with Gasteiger partial charge in [-0.15, -0.1) is 11.3 Å². The maximum absolute atomic E-state index is 15.0.